The van der Waals surface area contributed by atoms with E-state index in [1.165, 1.54) is 73.7 Å². The van der Waals surface area contributed by atoms with Crippen LogP contribution in [0.15, 0.2) is 137 Å². The van der Waals surface area contributed by atoms with Crippen molar-refractivity contribution in [2.45, 2.75) is 73.5 Å². The summed E-state index contributed by atoms with van der Waals surface area (Å²) in [5.41, 5.74) is 11.9. The second kappa shape index (κ2) is 12.8. The molecule has 0 saturated carbocycles. The third-order valence-electron chi connectivity index (χ3n) is 12.1. The molecule has 0 amide bonds. The second-order valence-electron chi connectivity index (χ2n) is 15.1. The van der Waals surface area contributed by atoms with E-state index >= 15 is 0 Å². The molecule has 3 heterocycles. The predicted octanol–water partition coefficient (Wildman–Crippen LogP) is 11.4. The molecule has 2 aromatic carbocycles. The number of benzene rings is 2. The van der Waals surface area contributed by atoms with Crippen molar-refractivity contribution in [3.05, 3.63) is 168 Å². The number of thioether (sulfide) groups is 1. The van der Waals surface area contributed by atoms with Crippen LogP contribution < -0.4 is 9.75 Å². The van der Waals surface area contributed by atoms with Crippen LogP contribution in [-0.4, -0.2) is 16.2 Å². The average Bonchev–Trinajstić information content (AvgIpc) is 3.90. The summed E-state index contributed by atoms with van der Waals surface area (Å²) in [5.74, 6) is 0.892. The van der Waals surface area contributed by atoms with E-state index in [0.29, 0.717) is 17.1 Å². The summed E-state index contributed by atoms with van der Waals surface area (Å²) in [7, 11) is 0. The highest BCUT2D eigenvalue weighted by atomic mass is 32.2. The third-order valence-corrected chi connectivity index (χ3v) is 16.0. The van der Waals surface area contributed by atoms with Gasteiger partial charge in [-0.1, -0.05) is 103 Å². The first-order valence-corrected chi connectivity index (χ1v) is 21.7. The van der Waals surface area contributed by atoms with Gasteiger partial charge in [-0.3, -0.25) is 0 Å². The highest BCUT2D eigenvalue weighted by molar-refractivity contribution is 8.00. The maximum atomic E-state index is 2.78. The third kappa shape index (κ3) is 5.16. The van der Waals surface area contributed by atoms with Crippen LogP contribution >= 0.6 is 34.4 Å². The van der Waals surface area contributed by atoms with Gasteiger partial charge in [-0.25, -0.2) is 0 Å². The van der Waals surface area contributed by atoms with E-state index in [2.05, 4.69) is 144 Å². The summed E-state index contributed by atoms with van der Waals surface area (Å²) < 4.78 is 2.92. The minimum atomic E-state index is 0.276. The smallest absolute Gasteiger partial charge is 0.0564 e. The summed E-state index contributed by atoms with van der Waals surface area (Å²) in [5, 5.41) is 3.49. The monoisotopic (exact) mass is 727 g/mol. The Balaban J connectivity index is 0.994. The summed E-state index contributed by atoms with van der Waals surface area (Å²) >= 11 is 6.05. The van der Waals surface area contributed by atoms with Crippen molar-refractivity contribution in [3.8, 4) is 0 Å². The molecule has 256 valence electrons. The molecule has 4 atom stereocenters. The van der Waals surface area contributed by atoms with Crippen LogP contribution in [0.2, 0.25) is 0 Å². The quantitative estimate of drug-likeness (QED) is 0.201. The minimum absolute atomic E-state index is 0.276. The first-order chi connectivity index (χ1) is 25.8. The van der Waals surface area contributed by atoms with E-state index < -0.39 is 0 Å². The lowest BCUT2D eigenvalue weighted by atomic mass is 9.82. The second-order valence-corrected chi connectivity index (χ2v) is 18.4. The molecule has 0 spiro atoms. The maximum Gasteiger partial charge on any atom is 0.0564 e. The molecule has 1 nitrogen and oxygen atoms in total. The van der Waals surface area contributed by atoms with Gasteiger partial charge in [0.15, 0.2) is 0 Å². The van der Waals surface area contributed by atoms with Gasteiger partial charge < -0.3 is 4.90 Å². The van der Waals surface area contributed by atoms with Crippen LogP contribution in [0.4, 0.5) is 0 Å². The molecule has 2 aromatic heterocycles. The number of hydrogen-bond acceptors (Lipinski definition) is 4. The van der Waals surface area contributed by atoms with Crippen LogP contribution in [0.25, 0.3) is 33.5 Å². The van der Waals surface area contributed by atoms with Crippen LogP contribution in [-0.2, 0) is 12.8 Å². The number of rotatable bonds is 5. The zero-order valence-electron chi connectivity index (χ0n) is 29.3. The average molecular weight is 728 g/mol. The molecule has 0 saturated heterocycles. The molecule has 52 heavy (non-hydrogen) atoms. The van der Waals surface area contributed by atoms with Gasteiger partial charge in [-0.05, 0) is 120 Å². The Bertz CT molecular complexity index is 2540. The summed E-state index contributed by atoms with van der Waals surface area (Å²) in [6.45, 7) is 0. The fourth-order valence-electron chi connectivity index (χ4n) is 9.60. The summed E-state index contributed by atoms with van der Waals surface area (Å²) in [6, 6.07) is 18.3. The molecule has 7 aliphatic rings. The topological polar surface area (TPSA) is 3.24 Å². The zero-order chi connectivity index (χ0) is 34.2. The maximum absolute atomic E-state index is 2.78. The molecular formula is C48H41NS3. The van der Waals surface area contributed by atoms with Gasteiger partial charge in [-0.2, -0.15) is 0 Å². The van der Waals surface area contributed by atoms with Gasteiger partial charge in [-0.15, -0.1) is 34.4 Å². The van der Waals surface area contributed by atoms with Gasteiger partial charge in [0, 0.05) is 47.8 Å². The number of allylic oxidation sites excluding steroid dienone is 12. The van der Waals surface area contributed by atoms with Crippen LogP contribution in [0.5, 0.6) is 0 Å². The van der Waals surface area contributed by atoms with Gasteiger partial charge >= 0.3 is 0 Å². The fraction of sp³-hybridized carbons (Fsp3) is 0.250. The van der Waals surface area contributed by atoms with Crippen molar-refractivity contribution in [2.24, 2.45) is 5.92 Å². The van der Waals surface area contributed by atoms with Gasteiger partial charge in [0.1, 0.15) is 0 Å². The number of nitrogens with zero attached hydrogens (tertiary/aromatic N) is 1. The zero-order valence-corrected chi connectivity index (χ0v) is 31.7. The molecular weight excluding hydrogens is 687 g/mol. The van der Waals surface area contributed by atoms with E-state index in [9.17, 15) is 0 Å². The Morgan fingerprint density at radius 1 is 0.731 bits per heavy atom. The highest BCUT2D eigenvalue weighted by Crippen LogP contribution is 2.50. The Kier molecular flexibility index (Phi) is 7.73. The minimum Gasteiger partial charge on any atom is -0.337 e. The fourth-order valence-corrected chi connectivity index (χ4v) is 13.6. The van der Waals surface area contributed by atoms with Crippen LogP contribution in [0, 0.1) is 5.92 Å². The van der Waals surface area contributed by atoms with Crippen molar-refractivity contribution in [1.82, 2.24) is 4.90 Å². The van der Waals surface area contributed by atoms with E-state index in [1.54, 1.807) is 5.56 Å². The number of thiophene rings is 2. The van der Waals surface area contributed by atoms with Crippen LogP contribution in [0.3, 0.4) is 0 Å². The Morgan fingerprint density at radius 2 is 1.65 bits per heavy atom. The standard InChI is InChI=1S/C48H41NS3/c1-2-10-31(11-3-1)35-14-8-15-38-39-16-9-17-42(48(39)52-47(35)38)49(34-25-27-46-41(29-34)37-13-5-7-19-44(37)51-46)33-23-20-30(21-24-33)32-22-26-45-40(28-32)36-12-4-6-18-43(36)50-45/h2,4-7,10-14,16,18-20,22-28,30,34,40,45H,1,3,8-9,15,17,21,29H2. The molecule has 1 aliphatic heterocycles. The first kappa shape index (κ1) is 31.4. The summed E-state index contributed by atoms with van der Waals surface area (Å²) in [6.07, 6.45) is 41.1. The molecule has 0 N–H and O–H groups in total. The molecule has 6 aliphatic carbocycles. The van der Waals surface area contributed by atoms with E-state index in [0.717, 1.165) is 51.4 Å². The summed E-state index contributed by atoms with van der Waals surface area (Å²) in [4.78, 5) is 7.18. The van der Waals surface area contributed by atoms with Gasteiger partial charge in [0.2, 0.25) is 0 Å². The largest absolute Gasteiger partial charge is 0.337 e. The lowest BCUT2D eigenvalue weighted by molar-refractivity contribution is 0.402. The van der Waals surface area contributed by atoms with Crippen molar-refractivity contribution < 1.29 is 0 Å². The Morgan fingerprint density at radius 3 is 2.58 bits per heavy atom. The molecule has 0 radical (unpaired) electrons. The number of fused-ring (bicyclic) bond motifs is 9. The normalized spacial score (nSPS) is 25.3. The molecule has 0 bridgehead atoms. The molecule has 4 aromatic rings. The lowest BCUT2D eigenvalue weighted by Crippen LogP contribution is -2.41. The first-order valence-electron chi connectivity index (χ1n) is 19.2. The van der Waals surface area contributed by atoms with Crippen LogP contribution in [0.1, 0.15) is 70.9 Å². The van der Waals surface area contributed by atoms with E-state index in [4.69, 9.17) is 0 Å². The molecule has 4 heteroatoms. The number of hydrogen-bond donors (Lipinski definition) is 0. The van der Waals surface area contributed by atoms with Crippen molar-refractivity contribution in [2.75, 3.05) is 0 Å². The highest BCUT2D eigenvalue weighted by Gasteiger charge is 2.34. The van der Waals surface area contributed by atoms with Gasteiger partial charge in [0.25, 0.3) is 0 Å². The van der Waals surface area contributed by atoms with E-state index in [1.807, 2.05) is 23.1 Å². The Hall–Kier alpha value is -4.09. The van der Waals surface area contributed by atoms with E-state index in [-0.39, 0.29) is 6.04 Å². The SMILES string of the molecule is C1=CC(C2=CCCc3c2sc2c3=CCCC=2N(C2=CCC(C3=CC4c5ccccc5SC4C=C3)C=C2)C2C=Cc3sc4ccccc4c3C2)=CCC1. The molecule has 11 rings (SSSR count). The van der Waals surface area contributed by atoms with Gasteiger partial charge in [0.05, 0.1) is 10.6 Å². The predicted molar refractivity (Wildman–Crippen MR) is 225 cm³/mol. The lowest BCUT2D eigenvalue weighted by Gasteiger charge is -2.38. The van der Waals surface area contributed by atoms with Crippen molar-refractivity contribution >= 4 is 67.9 Å². The molecule has 4 unspecified atom stereocenters. The van der Waals surface area contributed by atoms with Crippen molar-refractivity contribution in [1.29, 1.82) is 0 Å². The molecule has 0 fully saturated rings. The Labute approximate surface area is 318 Å². The van der Waals surface area contributed by atoms with Crippen molar-refractivity contribution in [3.63, 3.8) is 0 Å².